The molecule has 0 saturated carbocycles. The first-order valence-electron chi connectivity index (χ1n) is 11.6. The second kappa shape index (κ2) is 10.7. The highest BCUT2D eigenvalue weighted by Crippen LogP contribution is 2.39. The SMILES string of the molecule is NC(=O)c1nsc(C(=O)N(c2ccc3c(c2)OCCO3)[C@@H](C(=O)NC[C@H]2CCCO2)c2cccs2)c1N. The molecule has 0 aliphatic carbocycles. The van der Waals surface area contributed by atoms with Crippen LogP contribution in [0.1, 0.15) is 43.9 Å². The van der Waals surface area contributed by atoms with Crippen molar-refractivity contribution in [1.29, 1.82) is 0 Å². The molecule has 1 saturated heterocycles. The molecule has 2 aromatic heterocycles. The van der Waals surface area contributed by atoms with Gasteiger partial charge in [0.25, 0.3) is 11.8 Å². The van der Waals surface area contributed by atoms with Gasteiger partial charge in [-0.15, -0.1) is 11.3 Å². The summed E-state index contributed by atoms with van der Waals surface area (Å²) in [5.41, 5.74) is 11.5. The number of carbonyl (C=O) groups excluding carboxylic acids is 3. The first-order chi connectivity index (χ1) is 17.9. The molecule has 2 atom stereocenters. The fourth-order valence-corrected chi connectivity index (χ4v) is 5.80. The monoisotopic (exact) mass is 543 g/mol. The zero-order valence-corrected chi connectivity index (χ0v) is 21.3. The van der Waals surface area contributed by atoms with Crippen molar-refractivity contribution in [2.45, 2.75) is 25.0 Å². The van der Waals surface area contributed by atoms with Crippen molar-refractivity contribution in [2.75, 3.05) is 37.0 Å². The van der Waals surface area contributed by atoms with Gasteiger partial charge in [0, 0.05) is 29.8 Å². The van der Waals surface area contributed by atoms with E-state index in [9.17, 15) is 14.4 Å². The molecule has 0 unspecified atom stereocenters. The Morgan fingerprint density at radius 1 is 1.16 bits per heavy atom. The van der Waals surface area contributed by atoms with E-state index in [0.29, 0.717) is 48.4 Å². The van der Waals surface area contributed by atoms with Gasteiger partial charge >= 0.3 is 0 Å². The minimum absolute atomic E-state index is 0.00262. The maximum Gasteiger partial charge on any atom is 0.273 e. The Balaban J connectivity index is 1.57. The van der Waals surface area contributed by atoms with Crippen LogP contribution < -0.4 is 31.2 Å². The number of anilines is 2. The van der Waals surface area contributed by atoms with Crippen LogP contribution in [0.3, 0.4) is 0 Å². The molecule has 2 aliphatic rings. The maximum atomic E-state index is 14.1. The topological polar surface area (TPSA) is 159 Å². The molecule has 0 spiro atoms. The molecule has 194 valence electrons. The molecule has 0 bridgehead atoms. The minimum Gasteiger partial charge on any atom is -0.486 e. The number of hydrogen-bond donors (Lipinski definition) is 3. The average Bonchev–Trinajstić information content (AvgIpc) is 3.68. The third kappa shape index (κ3) is 5.10. The van der Waals surface area contributed by atoms with E-state index in [-0.39, 0.29) is 28.3 Å². The number of primary amides is 1. The average molecular weight is 544 g/mol. The Bertz CT molecular complexity index is 1300. The number of nitrogens with one attached hydrogen (secondary N) is 1. The van der Waals surface area contributed by atoms with Crippen molar-refractivity contribution < 1.29 is 28.6 Å². The second-order valence-corrected chi connectivity index (χ2v) is 10.2. The molecular weight excluding hydrogens is 518 g/mol. The maximum absolute atomic E-state index is 14.1. The molecule has 5 N–H and O–H groups in total. The highest BCUT2D eigenvalue weighted by Gasteiger charge is 2.37. The lowest BCUT2D eigenvalue weighted by molar-refractivity contribution is -0.122. The number of benzene rings is 1. The zero-order valence-electron chi connectivity index (χ0n) is 19.7. The molecule has 1 aromatic carbocycles. The fraction of sp³-hybridized carbons (Fsp3) is 0.333. The Morgan fingerprint density at radius 2 is 1.97 bits per heavy atom. The van der Waals surface area contributed by atoms with Gasteiger partial charge in [-0.25, -0.2) is 0 Å². The molecule has 5 rings (SSSR count). The van der Waals surface area contributed by atoms with Crippen molar-refractivity contribution in [2.24, 2.45) is 5.73 Å². The number of ether oxygens (including phenoxy) is 3. The van der Waals surface area contributed by atoms with E-state index in [1.54, 1.807) is 30.3 Å². The van der Waals surface area contributed by atoms with Gasteiger partial charge in [0.1, 0.15) is 18.1 Å². The lowest BCUT2D eigenvalue weighted by atomic mass is 10.1. The van der Waals surface area contributed by atoms with E-state index in [1.807, 2.05) is 5.38 Å². The molecule has 37 heavy (non-hydrogen) atoms. The molecule has 1 fully saturated rings. The van der Waals surface area contributed by atoms with E-state index in [4.69, 9.17) is 25.7 Å². The first-order valence-corrected chi connectivity index (χ1v) is 13.3. The predicted molar refractivity (Wildman–Crippen MR) is 138 cm³/mol. The number of hydrogen-bond acceptors (Lipinski definition) is 10. The zero-order chi connectivity index (χ0) is 25.9. The molecule has 3 amide bonds. The number of amides is 3. The Morgan fingerprint density at radius 3 is 2.65 bits per heavy atom. The standard InChI is InChI=1S/C24H25N5O6S2/c25-18-19(22(26)30)28-37-21(18)24(32)29(13-5-6-15-16(11-13)35-9-8-34-15)20(17-4-2-10-36-17)23(31)27-12-14-3-1-7-33-14/h2,4-6,10-11,14,20H,1,3,7-9,12,25H2,(H2,26,30)(H,27,31)/t14-,20-/m1/s1. The Kier molecular flexibility index (Phi) is 7.26. The number of nitrogens with zero attached hydrogens (tertiary/aromatic N) is 2. The summed E-state index contributed by atoms with van der Waals surface area (Å²) in [7, 11) is 0. The van der Waals surface area contributed by atoms with E-state index in [2.05, 4.69) is 9.69 Å². The molecule has 0 radical (unpaired) electrons. The summed E-state index contributed by atoms with van der Waals surface area (Å²) in [4.78, 5) is 41.5. The number of rotatable bonds is 8. The normalized spacial score (nSPS) is 17.2. The van der Waals surface area contributed by atoms with Crippen LogP contribution >= 0.6 is 22.9 Å². The van der Waals surface area contributed by atoms with Crippen molar-refractivity contribution in [3.8, 4) is 11.5 Å². The van der Waals surface area contributed by atoms with Crippen LogP contribution in [0.25, 0.3) is 0 Å². The van der Waals surface area contributed by atoms with Gasteiger partial charge in [-0.1, -0.05) is 6.07 Å². The third-order valence-corrected chi connectivity index (χ3v) is 7.80. The number of carbonyl (C=O) groups is 3. The molecule has 13 heteroatoms. The second-order valence-electron chi connectivity index (χ2n) is 8.44. The highest BCUT2D eigenvalue weighted by molar-refractivity contribution is 7.10. The highest BCUT2D eigenvalue weighted by atomic mass is 32.1. The lowest BCUT2D eigenvalue weighted by Gasteiger charge is -2.31. The van der Waals surface area contributed by atoms with Crippen LogP contribution in [0.5, 0.6) is 11.5 Å². The smallest absolute Gasteiger partial charge is 0.273 e. The molecule has 11 nitrogen and oxygen atoms in total. The Hall–Kier alpha value is -3.68. The van der Waals surface area contributed by atoms with E-state index < -0.39 is 17.9 Å². The molecular formula is C24H25N5O6S2. The summed E-state index contributed by atoms with van der Waals surface area (Å²) in [6, 6.07) is 7.54. The summed E-state index contributed by atoms with van der Waals surface area (Å²) in [5.74, 6) is -0.861. The summed E-state index contributed by atoms with van der Waals surface area (Å²) in [6.07, 6.45) is 1.70. The van der Waals surface area contributed by atoms with Crippen LogP contribution in [-0.4, -0.2) is 54.6 Å². The van der Waals surface area contributed by atoms with Crippen LogP contribution in [0.2, 0.25) is 0 Å². The van der Waals surface area contributed by atoms with Crippen LogP contribution in [0.4, 0.5) is 11.4 Å². The van der Waals surface area contributed by atoms with E-state index >= 15 is 0 Å². The van der Waals surface area contributed by atoms with Crippen molar-refractivity contribution >= 4 is 52.0 Å². The van der Waals surface area contributed by atoms with Crippen LogP contribution in [-0.2, 0) is 9.53 Å². The van der Waals surface area contributed by atoms with Gasteiger partial charge in [-0.2, -0.15) is 4.37 Å². The van der Waals surface area contributed by atoms with E-state index in [0.717, 1.165) is 24.4 Å². The van der Waals surface area contributed by atoms with Crippen molar-refractivity contribution in [3.05, 3.63) is 51.2 Å². The summed E-state index contributed by atoms with van der Waals surface area (Å²) < 4.78 is 21.0. The predicted octanol–water partition coefficient (Wildman–Crippen LogP) is 2.34. The van der Waals surface area contributed by atoms with Gasteiger partial charge in [-0.05, 0) is 48.0 Å². The van der Waals surface area contributed by atoms with Crippen LogP contribution in [0.15, 0.2) is 35.7 Å². The summed E-state index contributed by atoms with van der Waals surface area (Å²) in [5, 5.41) is 4.77. The number of fused-ring (bicyclic) bond motifs is 1. The summed E-state index contributed by atoms with van der Waals surface area (Å²) in [6.45, 7) is 1.73. The van der Waals surface area contributed by atoms with Crippen molar-refractivity contribution in [3.63, 3.8) is 0 Å². The third-order valence-electron chi connectivity index (χ3n) is 6.03. The first kappa shape index (κ1) is 25.0. The summed E-state index contributed by atoms with van der Waals surface area (Å²) >= 11 is 2.09. The molecule has 4 heterocycles. The Labute approximate surface area is 220 Å². The van der Waals surface area contributed by atoms with Gasteiger partial charge in [-0.3, -0.25) is 19.3 Å². The minimum atomic E-state index is -1.05. The fourth-order valence-electron chi connectivity index (χ4n) is 4.24. The van der Waals surface area contributed by atoms with Gasteiger partial charge < -0.3 is 31.0 Å². The quantitative estimate of drug-likeness (QED) is 0.390. The number of nitrogen functional groups attached to an aromatic ring is 1. The number of thiophene rings is 1. The van der Waals surface area contributed by atoms with Gasteiger partial charge in [0.15, 0.2) is 23.2 Å². The van der Waals surface area contributed by atoms with Gasteiger partial charge in [0.2, 0.25) is 5.91 Å². The molecule has 3 aromatic rings. The van der Waals surface area contributed by atoms with E-state index in [1.165, 1.54) is 16.2 Å². The largest absolute Gasteiger partial charge is 0.486 e. The molecule has 2 aliphatic heterocycles. The van der Waals surface area contributed by atoms with Crippen molar-refractivity contribution in [1.82, 2.24) is 9.69 Å². The van der Waals surface area contributed by atoms with Crippen LogP contribution in [0, 0.1) is 0 Å². The van der Waals surface area contributed by atoms with Gasteiger partial charge in [0.05, 0.1) is 11.8 Å². The number of nitrogens with two attached hydrogens (primary N) is 2. The number of aromatic nitrogens is 1. The lowest BCUT2D eigenvalue weighted by Crippen LogP contribution is -2.45.